The molecule has 1 heterocycles. The van der Waals surface area contributed by atoms with Crippen molar-refractivity contribution >= 4 is 22.3 Å². The van der Waals surface area contributed by atoms with Gasteiger partial charge in [-0.3, -0.25) is 4.98 Å². The molecule has 0 amide bonds. The molecule has 4 heteroatoms. The SMILES string of the molecule is CCC(CC)N(CCO)c1ccc(N)c2ncccc12. The molecule has 1 aromatic heterocycles. The zero-order valence-corrected chi connectivity index (χ0v) is 12.2. The van der Waals surface area contributed by atoms with Gasteiger partial charge in [0.15, 0.2) is 0 Å². The molecule has 4 nitrogen and oxygen atoms in total. The Morgan fingerprint density at radius 2 is 2.00 bits per heavy atom. The zero-order chi connectivity index (χ0) is 14.5. The third-order valence-electron chi connectivity index (χ3n) is 3.81. The van der Waals surface area contributed by atoms with Crippen molar-refractivity contribution in [2.45, 2.75) is 32.7 Å². The Hall–Kier alpha value is -1.81. The summed E-state index contributed by atoms with van der Waals surface area (Å²) in [5.41, 5.74) is 8.64. The molecule has 1 aromatic carbocycles. The lowest BCUT2D eigenvalue weighted by molar-refractivity contribution is 0.296. The van der Waals surface area contributed by atoms with Crippen LogP contribution in [-0.2, 0) is 0 Å². The molecule has 2 aromatic rings. The number of pyridine rings is 1. The normalized spacial score (nSPS) is 11.2. The van der Waals surface area contributed by atoms with Crippen molar-refractivity contribution in [1.82, 2.24) is 4.98 Å². The van der Waals surface area contributed by atoms with Gasteiger partial charge in [-0.2, -0.15) is 0 Å². The summed E-state index contributed by atoms with van der Waals surface area (Å²) in [6.45, 7) is 5.12. The topological polar surface area (TPSA) is 62.4 Å². The molecule has 0 saturated carbocycles. The maximum Gasteiger partial charge on any atom is 0.0951 e. The highest BCUT2D eigenvalue weighted by atomic mass is 16.3. The van der Waals surface area contributed by atoms with Crippen molar-refractivity contribution in [3.8, 4) is 0 Å². The molecule has 3 N–H and O–H groups in total. The zero-order valence-electron chi connectivity index (χ0n) is 12.2. The van der Waals surface area contributed by atoms with Gasteiger partial charge >= 0.3 is 0 Å². The van der Waals surface area contributed by atoms with E-state index < -0.39 is 0 Å². The van der Waals surface area contributed by atoms with Crippen molar-refractivity contribution in [2.75, 3.05) is 23.8 Å². The first kappa shape index (κ1) is 14.6. The lowest BCUT2D eigenvalue weighted by Crippen LogP contribution is -2.37. The van der Waals surface area contributed by atoms with E-state index in [0.29, 0.717) is 18.3 Å². The van der Waals surface area contributed by atoms with Crippen LogP contribution in [0, 0.1) is 0 Å². The van der Waals surface area contributed by atoms with E-state index in [-0.39, 0.29) is 6.61 Å². The van der Waals surface area contributed by atoms with Crippen LogP contribution in [0.25, 0.3) is 10.9 Å². The molecule has 0 saturated heterocycles. The highest BCUT2D eigenvalue weighted by Crippen LogP contribution is 2.31. The average molecular weight is 273 g/mol. The first-order valence-corrected chi connectivity index (χ1v) is 7.23. The summed E-state index contributed by atoms with van der Waals surface area (Å²) >= 11 is 0. The summed E-state index contributed by atoms with van der Waals surface area (Å²) in [5, 5.41) is 10.4. The second-order valence-corrected chi connectivity index (χ2v) is 4.96. The van der Waals surface area contributed by atoms with Crippen LogP contribution in [-0.4, -0.2) is 29.3 Å². The van der Waals surface area contributed by atoms with Crippen LogP contribution < -0.4 is 10.6 Å². The molecule has 0 spiro atoms. The Labute approximate surface area is 120 Å². The van der Waals surface area contributed by atoms with Crippen LogP contribution in [0.4, 0.5) is 11.4 Å². The number of benzene rings is 1. The Kier molecular flexibility index (Phi) is 4.79. The summed E-state index contributed by atoms with van der Waals surface area (Å²) in [7, 11) is 0. The number of aromatic nitrogens is 1. The number of anilines is 2. The first-order valence-electron chi connectivity index (χ1n) is 7.23. The van der Waals surface area contributed by atoms with Crippen LogP contribution in [0.3, 0.4) is 0 Å². The molecule has 0 aliphatic heterocycles. The quantitative estimate of drug-likeness (QED) is 0.794. The maximum absolute atomic E-state index is 9.38. The fraction of sp³-hybridized carbons (Fsp3) is 0.438. The molecule has 0 atom stereocenters. The van der Waals surface area contributed by atoms with Gasteiger partial charge in [0.05, 0.1) is 17.8 Å². The highest BCUT2D eigenvalue weighted by molar-refractivity contribution is 5.98. The summed E-state index contributed by atoms with van der Waals surface area (Å²) in [6.07, 6.45) is 3.85. The van der Waals surface area contributed by atoms with Crippen LogP contribution in [0.2, 0.25) is 0 Å². The van der Waals surface area contributed by atoms with Crippen molar-refractivity contribution in [3.05, 3.63) is 30.5 Å². The number of nitrogen functional groups attached to an aromatic ring is 1. The molecule has 0 unspecified atom stereocenters. The van der Waals surface area contributed by atoms with Crippen molar-refractivity contribution < 1.29 is 5.11 Å². The average Bonchev–Trinajstić information content (AvgIpc) is 2.48. The third-order valence-corrected chi connectivity index (χ3v) is 3.81. The van der Waals surface area contributed by atoms with Gasteiger partial charge in [-0.25, -0.2) is 0 Å². The molecule has 0 aliphatic carbocycles. The van der Waals surface area contributed by atoms with E-state index in [9.17, 15) is 5.11 Å². The summed E-state index contributed by atoms with van der Waals surface area (Å²) < 4.78 is 0. The van der Waals surface area contributed by atoms with Gasteiger partial charge in [0.2, 0.25) is 0 Å². The van der Waals surface area contributed by atoms with Gasteiger partial charge in [0.25, 0.3) is 0 Å². The van der Waals surface area contributed by atoms with Crippen LogP contribution in [0.1, 0.15) is 26.7 Å². The molecule has 0 bridgehead atoms. The first-order chi connectivity index (χ1) is 9.72. The van der Waals surface area contributed by atoms with Crippen molar-refractivity contribution in [2.24, 2.45) is 0 Å². The van der Waals surface area contributed by atoms with Crippen LogP contribution in [0.15, 0.2) is 30.5 Å². The number of nitrogens with two attached hydrogens (primary N) is 1. The highest BCUT2D eigenvalue weighted by Gasteiger charge is 2.18. The van der Waals surface area contributed by atoms with E-state index in [1.165, 1.54) is 0 Å². The number of fused-ring (bicyclic) bond motifs is 1. The Morgan fingerprint density at radius 1 is 1.25 bits per heavy atom. The third kappa shape index (κ3) is 2.70. The minimum Gasteiger partial charge on any atom is -0.397 e. The number of nitrogens with zero attached hydrogens (tertiary/aromatic N) is 2. The number of hydrogen-bond acceptors (Lipinski definition) is 4. The monoisotopic (exact) mass is 273 g/mol. The number of aliphatic hydroxyl groups is 1. The predicted octanol–water partition coefficient (Wildman–Crippen LogP) is 2.80. The van der Waals surface area contributed by atoms with Gasteiger partial charge in [-0.05, 0) is 37.1 Å². The Balaban J connectivity index is 2.56. The minimum atomic E-state index is 0.141. The van der Waals surface area contributed by atoms with E-state index in [2.05, 4.69) is 23.7 Å². The second kappa shape index (κ2) is 6.57. The molecule has 20 heavy (non-hydrogen) atoms. The smallest absolute Gasteiger partial charge is 0.0951 e. The summed E-state index contributed by atoms with van der Waals surface area (Å²) in [6, 6.07) is 8.31. The lowest BCUT2D eigenvalue weighted by atomic mass is 10.1. The number of hydrogen-bond donors (Lipinski definition) is 2. The van der Waals surface area contributed by atoms with E-state index >= 15 is 0 Å². The molecule has 108 valence electrons. The van der Waals surface area contributed by atoms with Gasteiger partial charge in [0.1, 0.15) is 0 Å². The molecule has 0 radical (unpaired) electrons. The molecule has 0 fully saturated rings. The minimum absolute atomic E-state index is 0.141. The largest absolute Gasteiger partial charge is 0.397 e. The summed E-state index contributed by atoms with van der Waals surface area (Å²) in [5.74, 6) is 0. The summed E-state index contributed by atoms with van der Waals surface area (Å²) in [4.78, 5) is 6.65. The van der Waals surface area contributed by atoms with Gasteiger partial charge in [0, 0.05) is 29.9 Å². The van der Waals surface area contributed by atoms with Gasteiger partial charge < -0.3 is 15.7 Å². The second-order valence-electron chi connectivity index (χ2n) is 4.96. The van der Waals surface area contributed by atoms with E-state index in [1.807, 2.05) is 24.3 Å². The molecule has 0 aliphatic rings. The standard InChI is InChI=1S/C16H23N3O/c1-3-12(4-2)19(10-11-20)15-8-7-14(17)16-13(15)6-5-9-18-16/h5-9,12,20H,3-4,10-11,17H2,1-2H3. The number of rotatable bonds is 6. The maximum atomic E-state index is 9.38. The molecule has 2 rings (SSSR count). The van der Waals surface area contributed by atoms with E-state index in [1.54, 1.807) is 6.20 Å². The van der Waals surface area contributed by atoms with E-state index in [0.717, 1.165) is 29.4 Å². The fourth-order valence-electron chi connectivity index (χ4n) is 2.77. The van der Waals surface area contributed by atoms with E-state index in [4.69, 9.17) is 5.73 Å². The number of aliphatic hydroxyl groups excluding tert-OH is 1. The predicted molar refractivity (Wildman–Crippen MR) is 85.0 cm³/mol. The van der Waals surface area contributed by atoms with Crippen LogP contribution in [0.5, 0.6) is 0 Å². The Bertz CT molecular complexity index is 567. The lowest BCUT2D eigenvalue weighted by Gasteiger charge is -2.33. The van der Waals surface area contributed by atoms with Gasteiger partial charge in [-0.15, -0.1) is 0 Å². The fourth-order valence-corrected chi connectivity index (χ4v) is 2.77. The van der Waals surface area contributed by atoms with Crippen molar-refractivity contribution in [1.29, 1.82) is 0 Å². The van der Waals surface area contributed by atoms with Crippen molar-refractivity contribution in [3.63, 3.8) is 0 Å². The van der Waals surface area contributed by atoms with Gasteiger partial charge in [-0.1, -0.05) is 13.8 Å². The molecular formula is C16H23N3O. The van der Waals surface area contributed by atoms with Crippen LogP contribution >= 0.6 is 0 Å². The molecular weight excluding hydrogens is 250 g/mol. The Morgan fingerprint density at radius 3 is 2.65 bits per heavy atom.